The third-order valence-electron chi connectivity index (χ3n) is 3.09. The fourth-order valence-corrected chi connectivity index (χ4v) is 3.79. The Bertz CT molecular complexity index is 824. The molecule has 1 aliphatic rings. The molecule has 116 valence electrons. The van der Waals surface area contributed by atoms with Crippen molar-refractivity contribution in [2.24, 2.45) is 0 Å². The van der Waals surface area contributed by atoms with Crippen LogP contribution >= 0.6 is 23.2 Å². The summed E-state index contributed by atoms with van der Waals surface area (Å²) < 4.78 is 37.5. The summed E-state index contributed by atoms with van der Waals surface area (Å²) in [6, 6.07) is 9.46. The summed E-state index contributed by atoms with van der Waals surface area (Å²) >= 11 is 11.7. The zero-order valence-corrected chi connectivity index (χ0v) is 13.5. The quantitative estimate of drug-likeness (QED) is 0.910. The van der Waals surface area contributed by atoms with Gasteiger partial charge in [-0.1, -0.05) is 29.3 Å². The standard InChI is InChI=1S/C14H11Cl2NO4S/c15-10-2-4-14(11(16)6-10)22(18,19)17-7-9-1-3-12-13(5-9)21-8-20-12/h1-6,17H,7-8H2. The molecule has 3 rings (SSSR count). The number of fused-ring (bicyclic) bond motifs is 1. The monoisotopic (exact) mass is 359 g/mol. The molecule has 0 amide bonds. The number of hydrogen-bond acceptors (Lipinski definition) is 4. The van der Waals surface area contributed by atoms with Crippen molar-refractivity contribution in [3.05, 3.63) is 52.0 Å². The highest BCUT2D eigenvalue weighted by molar-refractivity contribution is 7.89. The lowest BCUT2D eigenvalue weighted by Crippen LogP contribution is -2.23. The van der Waals surface area contributed by atoms with Crippen LogP contribution in [0.3, 0.4) is 0 Å². The van der Waals surface area contributed by atoms with Crippen molar-refractivity contribution in [1.82, 2.24) is 4.72 Å². The van der Waals surface area contributed by atoms with Crippen molar-refractivity contribution in [2.75, 3.05) is 6.79 Å². The van der Waals surface area contributed by atoms with Gasteiger partial charge in [-0.15, -0.1) is 0 Å². The summed E-state index contributed by atoms with van der Waals surface area (Å²) in [7, 11) is -3.73. The van der Waals surface area contributed by atoms with Crippen molar-refractivity contribution in [2.45, 2.75) is 11.4 Å². The van der Waals surface area contributed by atoms with E-state index >= 15 is 0 Å². The smallest absolute Gasteiger partial charge is 0.242 e. The third kappa shape index (κ3) is 3.15. The first-order valence-corrected chi connectivity index (χ1v) is 8.53. The number of nitrogens with one attached hydrogen (secondary N) is 1. The molecule has 22 heavy (non-hydrogen) atoms. The lowest BCUT2D eigenvalue weighted by molar-refractivity contribution is 0.174. The van der Waals surface area contributed by atoms with Crippen LogP contribution in [0.2, 0.25) is 10.0 Å². The zero-order valence-electron chi connectivity index (χ0n) is 11.2. The van der Waals surface area contributed by atoms with Gasteiger partial charge in [0.2, 0.25) is 16.8 Å². The minimum Gasteiger partial charge on any atom is -0.454 e. The van der Waals surface area contributed by atoms with Crippen LogP contribution in [0.1, 0.15) is 5.56 Å². The molecule has 0 bridgehead atoms. The number of hydrogen-bond donors (Lipinski definition) is 1. The average Bonchev–Trinajstić information content (AvgIpc) is 2.92. The van der Waals surface area contributed by atoms with Crippen LogP contribution in [0.5, 0.6) is 11.5 Å². The molecule has 8 heteroatoms. The SMILES string of the molecule is O=S(=O)(NCc1ccc2c(c1)OCO2)c1ccc(Cl)cc1Cl. The Hall–Kier alpha value is -1.47. The Labute approximate surface area is 137 Å². The van der Waals surface area contributed by atoms with Crippen LogP contribution < -0.4 is 14.2 Å². The minimum atomic E-state index is -3.73. The number of ether oxygens (including phenoxy) is 2. The second kappa shape index (κ2) is 5.96. The highest BCUT2D eigenvalue weighted by Gasteiger charge is 2.19. The molecule has 2 aromatic rings. The first kappa shape index (κ1) is 15.4. The fourth-order valence-electron chi connectivity index (χ4n) is 2.00. The van der Waals surface area contributed by atoms with E-state index in [2.05, 4.69) is 4.72 Å². The molecule has 1 aliphatic heterocycles. The van der Waals surface area contributed by atoms with E-state index in [9.17, 15) is 8.42 Å². The van der Waals surface area contributed by atoms with Gasteiger partial charge in [0.05, 0.1) is 5.02 Å². The largest absolute Gasteiger partial charge is 0.454 e. The molecular weight excluding hydrogens is 349 g/mol. The van der Waals surface area contributed by atoms with Crippen molar-refractivity contribution in [1.29, 1.82) is 0 Å². The average molecular weight is 360 g/mol. The molecule has 0 saturated carbocycles. The molecule has 0 atom stereocenters. The number of rotatable bonds is 4. The van der Waals surface area contributed by atoms with Crippen LogP contribution in [0.4, 0.5) is 0 Å². The van der Waals surface area contributed by atoms with Crippen LogP contribution in [0, 0.1) is 0 Å². The van der Waals surface area contributed by atoms with Crippen molar-refractivity contribution >= 4 is 33.2 Å². The summed E-state index contributed by atoms with van der Waals surface area (Å²) in [6.07, 6.45) is 0. The zero-order chi connectivity index (χ0) is 15.7. The molecular formula is C14H11Cl2NO4S. The summed E-state index contributed by atoms with van der Waals surface area (Å²) in [5.41, 5.74) is 0.748. The summed E-state index contributed by atoms with van der Waals surface area (Å²) in [5.74, 6) is 1.24. The number of halogens is 2. The second-order valence-electron chi connectivity index (χ2n) is 4.59. The first-order valence-electron chi connectivity index (χ1n) is 6.29. The van der Waals surface area contributed by atoms with E-state index in [1.165, 1.54) is 18.2 Å². The van der Waals surface area contributed by atoms with E-state index in [4.69, 9.17) is 32.7 Å². The van der Waals surface area contributed by atoms with Gasteiger partial charge < -0.3 is 9.47 Å². The van der Waals surface area contributed by atoms with E-state index in [0.29, 0.717) is 16.5 Å². The predicted octanol–water partition coefficient (Wildman–Crippen LogP) is 3.20. The van der Waals surface area contributed by atoms with Crippen LogP contribution in [0.15, 0.2) is 41.3 Å². The van der Waals surface area contributed by atoms with Crippen LogP contribution in [-0.2, 0) is 16.6 Å². The van der Waals surface area contributed by atoms with Gasteiger partial charge in [-0.2, -0.15) is 0 Å². The van der Waals surface area contributed by atoms with Crippen LogP contribution in [-0.4, -0.2) is 15.2 Å². The van der Waals surface area contributed by atoms with Gasteiger partial charge >= 0.3 is 0 Å². The Kier molecular flexibility index (Phi) is 4.18. The van der Waals surface area contributed by atoms with Crippen molar-refractivity contribution in [3.63, 3.8) is 0 Å². The Morgan fingerprint density at radius 3 is 2.59 bits per heavy atom. The molecule has 0 unspecified atom stereocenters. The number of benzene rings is 2. The predicted molar refractivity (Wildman–Crippen MR) is 83.1 cm³/mol. The van der Waals surface area contributed by atoms with E-state index < -0.39 is 10.0 Å². The van der Waals surface area contributed by atoms with Gasteiger partial charge in [0.1, 0.15) is 4.90 Å². The van der Waals surface area contributed by atoms with Crippen LogP contribution in [0.25, 0.3) is 0 Å². The second-order valence-corrected chi connectivity index (χ2v) is 7.17. The van der Waals surface area contributed by atoms with Gasteiger partial charge in [0, 0.05) is 11.6 Å². The van der Waals surface area contributed by atoms with Gasteiger partial charge in [-0.05, 0) is 35.9 Å². The van der Waals surface area contributed by atoms with Gasteiger partial charge in [-0.3, -0.25) is 0 Å². The summed E-state index contributed by atoms with van der Waals surface area (Å²) in [5, 5.41) is 0.449. The van der Waals surface area contributed by atoms with E-state index in [1.807, 2.05) is 0 Å². The molecule has 0 fully saturated rings. The molecule has 0 saturated heterocycles. The molecule has 5 nitrogen and oxygen atoms in total. The van der Waals surface area contributed by atoms with E-state index in [-0.39, 0.29) is 23.3 Å². The minimum absolute atomic E-state index is 0.0145. The highest BCUT2D eigenvalue weighted by Crippen LogP contribution is 2.32. The maximum Gasteiger partial charge on any atom is 0.242 e. The fraction of sp³-hybridized carbons (Fsp3) is 0.143. The van der Waals surface area contributed by atoms with Gasteiger partial charge in [-0.25, -0.2) is 13.1 Å². The Morgan fingerprint density at radius 1 is 1.05 bits per heavy atom. The van der Waals surface area contributed by atoms with Crippen molar-refractivity contribution < 1.29 is 17.9 Å². The Balaban J connectivity index is 1.77. The Morgan fingerprint density at radius 2 is 1.82 bits per heavy atom. The molecule has 1 heterocycles. The van der Waals surface area contributed by atoms with Crippen molar-refractivity contribution in [3.8, 4) is 11.5 Å². The molecule has 0 spiro atoms. The third-order valence-corrected chi connectivity index (χ3v) is 5.21. The molecule has 0 aromatic heterocycles. The molecule has 2 aromatic carbocycles. The topological polar surface area (TPSA) is 64.6 Å². The normalized spacial score (nSPS) is 13.4. The molecule has 0 radical (unpaired) electrons. The maximum absolute atomic E-state index is 12.3. The summed E-state index contributed by atoms with van der Waals surface area (Å²) in [6.45, 7) is 0.281. The molecule has 0 aliphatic carbocycles. The first-order chi connectivity index (χ1) is 10.5. The van der Waals surface area contributed by atoms with Gasteiger partial charge in [0.15, 0.2) is 11.5 Å². The highest BCUT2D eigenvalue weighted by atomic mass is 35.5. The van der Waals surface area contributed by atoms with Gasteiger partial charge in [0.25, 0.3) is 0 Å². The maximum atomic E-state index is 12.3. The van der Waals surface area contributed by atoms with E-state index in [1.54, 1.807) is 18.2 Å². The molecule has 1 N–H and O–H groups in total. The lowest BCUT2D eigenvalue weighted by Gasteiger charge is -2.09. The summed E-state index contributed by atoms with van der Waals surface area (Å²) in [4.78, 5) is -0.0145. The number of sulfonamides is 1. The lowest BCUT2D eigenvalue weighted by atomic mass is 10.2. The van der Waals surface area contributed by atoms with E-state index in [0.717, 1.165) is 5.56 Å².